The second-order valence-electron chi connectivity index (χ2n) is 5.88. The lowest BCUT2D eigenvalue weighted by atomic mass is 9.97. The van der Waals surface area contributed by atoms with Crippen molar-refractivity contribution in [2.75, 3.05) is 6.54 Å². The fourth-order valence-electron chi connectivity index (χ4n) is 2.66. The number of hydrogen-bond donors (Lipinski definition) is 1. The van der Waals surface area contributed by atoms with Crippen molar-refractivity contribution in [3.63, 3.8) is 0 Å². The summed E-state index contributed by atoms with van der Waals surface area (Å²) in [5, 5.41) is 2.77. The largest absolute Gasteiger partial charge is 0.343 e. The van der Waals surface area contributed by atoms with Crippen LogP contribution in [0.2, 0.25) is 0 Å². The number of rotatable bonds is 3. The Labute approximate surface area is 103 Å². The molecule has 1 saturated heterocycles. The monoisotopic (exact) mass is 238 g/mol. The van der Waals surface area contributed by atoms with Gasteiger partial charge in [0.2, 0.25) is 11.8 Å². The number of hydrogen-bond acceptors (Lipinski definition) is 2. The molecule has 17 heavy (non-hydrogen) atoms. The summed E-state index contributed by atoms with van der Waals surface area (Å²) in [5.74, 6) is 1.54. The van der Waals surface area contributed by atoms with Gasteiger partial charge in [-0.25, -0.2) is 0 Å². The van der Waals surface area contributed by atoms with Gasteiger partial charge in [0, 0.05) is 6.54 Å². The molecule has 2 fully saturated rings. The molecule has 1 saturated carbocycles. The van der Waals surface area contributed by atoms with Gasteiger partial charge in [-0.1, -0.05) is 20.8 Å². The Morgan fingerprint density at radius 2 is 1.94 bits per heavy atom. The molecule has 0 aromatic rings. The lowest BCUT2D eigenvalue weighted by Gasteiger charge is -2.40. The van der Waals surface area contributed by atoms with E-state index in [1.54, 1.807) is 6.92 Å². The van der Waals surface area contributed by atoms with Crippen LogP contribution >= 0.6 is 0 Å². The molecular weight excluding hydrogens is 216 g/mol. The van der Waals surface area contributed by atoms with Gasteiger partial charge in [-0.15, -0.1) is 0 Å². The molecule has 0 spiro atoms. The normalized spacial score (nSPS) is 37.4. The van der Waals surface area contributed by atoms with E-state index in [0.717, 1.165) is 6.54 Å². The Bertz CT molecular complexity index is 340. The Kier molecular flexibility index (Phi) is 3.15. The molecule has 4 atom stereocenters. The molecule has 1 heterocycles. The van der Waals surface area contributed by atoms with Crippen LogP contribution in [0.25, 0.3) is 0 Å². The van der Waals surface area contributed by atoms with Gasteiger partial charge in [-0.05, 0) is 31.1 Å². The first-order chi connectivity index (χ1) is 7.91. The zero-order valence-electron chi connectivity index (χ0n) is 11.1. The van der Waals surface area contributed by atoms with Crippen LogP contribution in [-0.2, 0) is 9.59 Å². The Balaban J connectivity index is 2.14. The summed E-state index contributed by atoms with van der Waals surface area (Å²) in [7, 11) is 0. The summed E-state index contributed by atoms with van der Waals surface area (Å²) >= 11 is 0. The smallest absolute Gasteiger partial charge is 0.245 e. The highest BCUT2D eigenvalue weighted by Crippen LogP contribution is 2.39. The molecule has 2 rings (SSSR count). The van der Waals surface area contributed by atoms with E-state index in [9.17, 15) is 9.59 Å². The van der Waals surface area contributed by atoms with Gasteiger partial charge in [0.05, 0.1) is 0 Å². The van der Waals surface area contributed by atoms with Crippen molar-refractivity contribution in [1.82, 2.24) is 10.2 Å². The van der Waals surface area contributed by atoms with Crippen LogP contribution in [0.1, 0.15) is 34.1 Å². The predicted molar refractivity (Wildman–Crippen MR) is 65.2 cm³/mol. The molecule has 4 unspecified atom stereocenters. The molecule has 0 aromatic heterocycles. The summed E-state index contributed by atoms with van der Waals surface area (Å²) in [4.78, 5) is 26.0. The first-order valence-electron chi connectivity index (χ1n) is 6.52. The van der Waals surface area contributed by atoms with Crippen LogP contribution in [0.4, 0.5) is 0 Å². The Morgan fingerprint density at radius 1 is 1.35 bits per heavy atom. The first kappa shape index (κ1) is 12.4. The molecule has 4 heteroatoms. The van der Waals surface area contributed by atoms with E-state index in [0.29, 0.717) is 11.8 Å². The van der Waals surface area contributed by atoms with E-state index in [2.05, 4.69) is 12.2 Å². The second kappa shape index (κ2) is 4.31. The van der Waals surface area contributed by atoms with E-state index in [-0.39, 0.29) is 29.8 Å². The van der Waals surface area contributed by atoms with Crippen molar-refractivity contribution in [1.29, 1.82) is 0 Å². The van der Waals surface area contributed by atoms with Crippen LogP contribution in [0.3, 0.4) is 0 Å². The first-order valence-corrected chi connectivity index (χ1v) is 6.52. The summed E-state index contributed by atoms with van der Waals surface area (Å²) in [5.41, 5.74) is 0. The molecule has 1 aliphatic heterocycles. The third-order valence-electron chi connectivity index (χ3n) is 3.96. The maximum Gasteiger partial charge on any atom is 0.245 e. The average Bonchev–Trinajstić information content (AvgIpc) is 2.89. The zero-order valence-corrected chi connectivity index (χ0v) is 11.1. The molecule has 0 bridgehead atoms. The van der Waals surface area contributed by atoms with E-state index in [4.69, 9.17) is 0 Å². The highest BCUT2D eigenvalue weighted by molar-refractivity contribution is 5.96. The molecule has 0 aromatic carbocycles. The highest BCUT2D eigenvalue weighted by Gasteiger charge is 2.44. The fraction of sp³-hybridized carbons (Fsp3) is 0.846. The summed E-state index contributed by atoms with van der Waals surface area (Å²) in [6, 6.07) is -0.655. The zero-order chi connectivity index (χ0) is 12.7. The van der Waals surface area contributed by atoms with Crippen LogP contribution in [0.5, 0.6) is 0 Å². The fourth-order valence-corrected chi connectivity index (χ4v) is 2.66. The third kappa shape index (κ3) is 2.31. The third-order valence-corrected chi connectivity index (χ3v) is 3.96. The quantitative estimate of drug-likeness (QED) is 0.798. The number of nitrogens with zero attached hydrogens (tertiary/aromatic N) is 1. The van der Waals surface area contributed by atoms with Crippen molar-refractivity contribution in [2.24, 2.45) is 17.8 Å². The topological polar surface area (TPSA) is 49.4 Å². The number of piperazine rings is 1. The van der Waals surface area contributed by atoms with Gasteiger partial charge >= 0.3 is 0 Å². The lowest BCUT2D eigenvalue weighted by molar-refractivity contribution is -0.150. The standard InChI is InChI=1S/C13H22N2O2/c1-7(2)11-12(16)14-9(4)13(17)15(11)6-10-5-8(10)3/h7-11H,5-6H2,1-4H3,(H,14,16). The minimum Gasteiger partial charge on any atom is -0.343 e. The maximum atomic E-state index is 12.2. The van der Waals surface area contributed by atoms with Crippen molar-refractivity contribution in [3.8, 4) is 0 Å². The van der Waals surface area contributed by atoms with E-state index >= 15 is 0 Å². The van der Waals surface area contributed by atoms with Crippen LogP contribution in [-0.4, -0.2) is 35.3 Å². The van der Waals surface area contributed by atoms with Crippen LogP contribution in [0, 0.1) is 17.8 Å². The van der Waals surface area contributed by atoms with Gasteiger partial charge in [-0.3, -0.25) is 9.59 Å². The van der Waals surface area contributed by atoms with Crippen molar-refractivity contribution in [2.45, 2.75) is 46.2 Å². The minimum atomic E-state index is -0.369. The van der Waals surface area contributed by atoms with E-state index in [1.807, 2.05) is 18.7 Å². The van der Waals surface area contributed by atoms with Gasteiger partial charge in [0.25, 0.3) is 0 Å². The van der Waals surface area contributed by atoms with Gasteiger partial charge < -0.3 is 10.2 Å². The van der Waals surface area contributed by atoms with Crippen LogP contribution in [0.15, 0.2) is 0 Å². The molecular formula is C13H22N2O2. The number of carbonyl (C=O) groups is 2. The minimum absolute atomic E-state index is 0.000373. The average molecular weight is 238 g/mol. The molecule has 4 nitrogen and oxygen atoms in total. The van der Waals surface area contributed by atoms with E-state index in [1.165, 1.54) is 6.42 Å². The molecule has 1 N–H and O–H groups in total. The Hall–Kier alpha value is -1.06. The van der Waals surface area contributed by atoms with E-state index < -0.39 is 0 Å². The number of carbonyl (C=O) groups excluding carboxylic acids is 2. The van der Waals surface area contributed by atoms with Gasteiger partial charge in [0.1, 0.15) is 12.1 Å². The molecule has 1 aliphatic carbocycles. The second-order valence-corrected chi connectivity index (χ2v) is 5.88. The highest BCUT2D eigenvalue weighted by atomic mass is 16.2. The van der Waals surface area contributed by atoms with Crippen molar-refractivity contribution >= 4 is 11.8 Å². The number of nitrogens with one attached hydrogen (secondary N) is 1. The predicted octanol–water partition coefficient (Wildman–Crippen LogP) is 1.01. The Morgan fingerprint density at radius 3 is 2.41 bits per heavy atom. The van der Waals surface area contributed by atoms with Gasteiger partial charge in [0.15, 0.2) is 0 Å². The molecule has 2 amide bonds. The summed E-state index contributed by atoms with van der Waals surface area (Å²) in [6.07, 6.45) is 1.19. The maximum absolute atomic E-state index is 12.2. The van der Waals surface area contributed by atoms with Crippen LogP contribution < -0.4 is 5.32 Å². The summed E-state index contributed by atoms with van der Waals surface area (Å²) in [6.45, 7) is 8.71. The number of amides is 2. The van der Waals surface area contributed by atoms with Crippen molar-refractivity contribution < 1.29 is 9.59 Å². The molecule has 0 radical (unpaired) electrons. The van der Waals surface area contributed by atoms with Crippen molar-refractivity contribution in [3.05, 3.63) is 0 Å². The molecule has 96 valence electrons. The summed E-state index contributed by atoms with van der Waals surface area (Å²) < 4.78 is 0. The molecule has 2 aliphatic rings. The SMILES string of the molecule is CC1NC(=O)C(C(C)C)N(CC2CC2C)C1=O. The lowest BCUT2D eigenvalue weighted by Crippen LogP contribution is -2.64. The van der Waals surface area contributed by atoms with Gasteiger partial charge in [-0.2, -0.15) is 0 Å².